The molecule has 0 saturated heterocycles. The van der Waals surface area contributed by atoms with Crippen molar-refractivity contribution in [2.45, 2.75) is 52.1 Å². The number of carbonyl (C=O) groups excluding carboxylic acids is 1. The van der Waals surface area contributed by atoms with Gasteiger partial charge in [-0.15, -0.1) is 0 Å². The summed E-state index contributed by atoms with van der Waals surface area (Å²) in [6.45, 7) is 4.52. The van der Waals surface area contributed by atoms with E-state index in [0.29, 0.717) is 0 Å². The average Bonchev–Trinajstić information content (AvgIpc) is 2.02. The van der Waals surface area contributed by atoms with Crippen LogP contribution in [-0.4, -0.2) is 23.7 Å². The molecular weight excluding hydrogens is 166 g/mol. The van der Waals surface area contributed by atoms with Crippen molar-refractivity contribution in [3.8, 4) is 0 Å². The fraction of sp³-hybridized carbons (Fsp3) is 0.900. The van der Waals surface area contributed by atoms with Gasteiger partial charge in [0.15, 0.2) is 0 Å². The molecule has 1 amide bonds. The van der Waals surface area contributed by atoms with Crippen molar-refractivity contribution in [1.29, 1.82) is 0 Å². The third-order valence-corrected chi connectivity index (χ3v) is 1.83. The molecule has 0 heterocycles. The van der Waals surface area contributed by atoms with Crippen LogP contribution in [0.1, 0.15) is 46.0 Å². The van der Waals surface area contributed by atoms with E-state index in [1.165, 1.54) is 19.3 Å². The van der Waals surface area contributed by atoms with Crippen LogP contribution in [-0.2, 0) is 4.79 Å². The molecule has 0 aromatic heterocycles. The van der Waals surface area contributed by atoms with Gasteiger partial charge >= 0.3 is 0 Å². The fourth-order valence-electron chi connectivity index (χ4n) is 1.12. The summed E-state index contributed by atoms with van der Waals surface area (Å²) in [6, 6.07) is 0. The van der Waals surface area contributed by atoms with E-state index in [1.807, 2.05) is 0 Å². The summed E-state index contributed by atoms with van der Waals surface area (Å²) in [4.78, 5) is 11.0. The molecule has 0 aliphatic carbocycles. The first-order chi connectivity index (χ1) is 6.16. The van der Waals surface area contributed by atoms with Crippen LogP contribution in [0.15, 0.2) is 0 Å². The first-order valence-electron chi connectivity index (χ1n) is 5.11. The highest BCUT2D eigenvalue weighted by Gasteiger charge is 2.03. The minimum Gasteiger partial charge on any atom is -0.393 e. The standard InChI is InChI=1S/C10H21NO2/c1-3-4-5-6-7-11-10(13)8-9(2)12/h9,12H,3-8H2,1-2H3,(H,11,13). The molecule has 1 unspecified atom stereocenters. The van der Waals surface area contributed by atoms with E-state index < -0.39 is 6.10 Å². The third-order valence-electron chi connectivity index (χ3n) is 1.83. The zero-order valence-corrected chi connectivity index (χ0v) is 8.68. The van der Waals surface area contributed by atoms with Crippen LogP contribution < -0.4 is 5.32 Å². The van der Waals surface area contributed by atoms with Crippen molar-refractivity contribution >= 4 is 5.91 Å². The van der Waals surface area contributed by atoms with Crippen LogP contribution in [0.3, 0.4) is 0 Å². The molecule has 0 saturated carbocycles. The smallest absolute Gasteiger partial charge is 0.222 e. The first-order valence-corrected chi connectivity index (χ1v) is 5.11. The number of nitrogens with one attached hydrogen (secondary N) is 1. The summed E-state index contributed by atoms with van der Waals surface area (Å²) in [5, 5.41) is 11.7. The zero-order chi connectivity index (χ0) is 10.1. The number of unbranched alkanes of at least 4 members (excludes halogenated alkanes) is 3. The average molecular weight is 187 g/mol. The van der Waals surface area contributed by atoms with Crippen molar-refractivity contribution in [2.75, 3.05) is 6.54 Å². The van der Waals surface area contributed by atoms with Crippen LogP contribution in [0.2, 0.25) is 0 Å². The zero-order valence-electron chi connectivity index (χ0n) is 8.68. The quantitative estimate of drug-likeness (QED) is 0.593. The Morgan fingerprint density at radius 1 is 1.38 bits per heavy atom. The maximum Gasteiger partial charge on any atom is 0.222 e. The van der Waals surface area contributed by atoms with Gasteiger partial charge in [-0.1, -0.05) is 26.2 Å². The van der Waals surface area contributed by atoms with Crippen molar-refractivity contribution in [3.63, 3.8) is 0 Å². The summed E-state index contributed by atoms with van der Waals surface area (Å²) in [5.41, 5.74) is 0. The Bertz CT molecular complexity index is 135. The second-order valence-corrected chi connectivity index (χ2v) is 3.46. The summed E-state index contributed by atoms with van der Waals surface area (Å²) < 4.78 is 0. The van der Waals surface area contributed by atoms with Gasteiger partial charge < -0.3 is 10.4 Å². The molecule has 0 rings (SSSR count). The predicted octanol–water partition coefficient (Wildman–Crippen LogP) is 1.45. The van der Waals surface area contributed by atoms with Gasteiger partial charge in [-0.2, -0.15) is 0 Å². The Balaban J connectivity index is 3.17. The first kappa shape index (κ1) is 12.4. The van der Waals surface area contributed by atoms with Crippen molar-refractivity contribution in [1.82, 2.24) is 5.32 Å². The van der Waals surface area contributed by atoms with Crippen molar-refractivity contribution in [3.05, 3.63) is 0 Å². The van der Waals surface area contributed by atoms with Crippen LogP contribution in [0.25, 0.3) is 0 Å². The molecule has 0 aromatic carbocycles. The highest BCUT2D eigenvalue weighted by molar-refractivity contribution is 5.76. The second kappa shape index (κ2) is 8.05. The lowest BCUT2D eigenvalue weighted by Crippen LogP contribution is -2.27. The van der Waals surface area contributed by atoms with Gasteiger partial charge in [0.1, 0.15) is 0 Å². The Hall–Kier alpha value is -0.570. The largest absolute Gasteiger partial charge is 0.393 e. The Labute approximate surface area is 80.5 Å². The monoisotopic (exact) mass is 187 g/mol. The maximum atomic E-state index is 11.0. The molecule has 0 aliphatic rings. The van der Waals surface area contributed by atoms with E-state index in [0.717, 1.165) is 13.0 Å². The molecule has 3 heteroatoms. The minimum absolute atomic E-state index is 0.0495. The topological polar surface area (TPSA) is 49.3 Å². The Morgan fingerprint density at radius 2 is 2.08 bits per heavy atom. The fourth-order valence-corrected chi connectivity index (χ4v) is 1.12. The van der Waals surface area contributed by atoms with Crippen LogP contribution >= 0.6 is 0 Å². The van der Waals surface area contributed by atoms with E-state index in [9.17, 15) is 4.79 Å². The molecule has 0 aromatic rings. The summed E-state index contributed by atoms with van der Waals surface area (Å²) in [6.07, 6.45) is 4.34. The Kier molecular flexibility index (Phi) is 7.69. The Morgan fingerprint density at radius 3 is 2.62 bits per heavy atom. The number of amides is 1. The number of carbonyl (C=O) groups is 1. The van der Waals surface area contributed by atoms with Crippen LogP contribution in [0.4, 0.5) is 0 Å². The summed E-state index contributed by atoms with van der Waals surface area (Å²) >= 11 is 0. The molecule has 3 nitrogen and oxygen atoms in total. The van der Waals surface area contributed by atoms with Gasteiger partial charge in [0.2, 0.25) is 5.91 Å². The third kappa shape index (κ3) is 9.34. The number of rotatable bonds is 7. The van der Waals surface area contributed by atoms with Gasteiger partial charge in [-0.05, 0) is 13.3 Å². The van der Waals surface area contributed by atoms with E-state index in [4.69, 9.17) is 5.11 Å². The summed E-state index contributed by atoms with van der Waals surface area (Å²) in [5.74, 6) is -0.0495. The normalized spacial score (nSPS) is 12.5. The lowest BCUT2D eigenvalue weighted by molar-refractivity contribution is -0.122. The molecule has 2 N–H and O–H groups in total. The van der Waals surface area contributed by atoms with Crippen LogP contribution in [0, 0.1) is 0 Å². The highest BCUT2D eigenvalue weighted by atomic mass is 16.3. The predicted molar refractivity (Wildman–Crippen MR) is 53.4 cm³/mol. The number of hydrogen-bond donors (Lipinski definition) is 2. The second-order valence-electron chi connectivity index (χ2n) is 3.46. The molecule has 0 aliphatic heterocycles. The number of hydrogen-bond acceptors (Lipinski definition) is 2. The van der Waals surface area contributed by atoms with Crippen molar-refractivity contribution < 1.29 is 9.90 Å². The van der Waals surface area contributed by atoms with E-state index in [1.54, 1.807) is 6.92 Å². The van der Waals surface area contributed by atoms with Gasteiger partial charge in [0.05, 0.1) is 12.5 Å². The molecule has 0 radical (unpaired) electrons. The minimum atomic E-state index is -0.532. The summed E-state index contributed by atoms with van der Waals surface area (Å²) in [7, 11) is 0. The molecule has 0 spiro atoms. The van der Waals surface area contributed by atoms with Crippen molar-refractivity contribution in [2.24, 2.45) is 0 Å². The van der Waals surface area contributed by atoms with Crippen LogP contribution in [0.5, 0.6) is 0 Å². The molecule has 13 heavy (non-hydrogen) atoms. The van der Waals surface area contributed by atoms with Gasteiger partial charge in [-0.25, -0.2) is 0 Å². The van der Waals surface area contributed by atoms with E-state index in [-0.39, 0.29) is 12.3 Å². The lowest BCUT2D eigenvalue weighted by atomic mass is 10.2. The highest BCUT2D eigenvalue weighted by Crippen LogP contribution is 1.97. The molecular formula is C10H21NO2. The number of aliphatic hydroxyl groups excluding tert-OH is 1. The lowest BCUT2D eigenvalue weighted by Gasteiger charge is -2.05. The van der Waals surface area contributed by atoms with Gasteiger partial charge in [-0.3, -0.25) is 4.79 Å². The van der Waals surface area contributed by atoms with Gasteiger partial charge in [0, 0.05) is 6.54 Å². The van der Waals surface area contributed by atoms with E-state index in [2.05, 4.69) is 12.2 Å². The van der Waals surface area contributed by atoms with Gasteiger partial charge in [0.25, 0.3) is 0 Å². The molecule has 0 bridgehead atoms. The SMILES string of the molecule is CCCCCCNC(=O)CC(C)O. The molecule has 1 atom stereocenters. The van der Waals surface area contributed by atoms with E-state index >= 15 is 0 Å². The number of aliphatic hydroxyl groups is 1. The molecule has 0 fully saturated rings. The molecule has 78 valence electrons. The maximum absolute atomic E-state index is 11.0.